The molecule has 0 aromatic carbocycles. The fourth-order valence-corrected chi connectivity index (χ4v) is 4.21. The highest BCUT2D eigenvalue weighted by Crippen LogP contribution is 2.24. The van der Waals surface area contributed by atoms with Crippen LogP contribution in [0, 0.1) is 5.92 Å². The van der Waals surface area contributed by atoms with Crippen molar-refractivity contribution in [2.45, 2.75) is 32.7 Å². The van der Waals surface area contributed by atoms with Gasteiger partial charge in [-0.25, -0.2) is 8.42 Å². The van der Waals surface area contributed by atoms with Crippen LogP contribution in [0.5, 0.6) is 0 Å². The van der Waals surface area contributed by atoms with Gasteiger partial charge in [0.05, 0.1) is 5.75 Å². The molecule has 1 aliphatic heterocycles. The molecule has 0 radical (unpaired) electrons. The highest BCUT2D eigenvalue weighted by Gasteiger charge is 2.37. The quantitative estimate of drug-likeness (QED) is 0.749. The smallest absolute Gasteiger partial charge is 0.214 e. The Kier molecular flexibility index (Phi) is 3.92. The molecule has 1 N–H and O–H groups in total. The first-order valence-corrected chi connectivity index (χ1v) is 6.72. The molecule has 0 saturated carbocycles. The number of nitrogens with zero attached hydrogens (tertiary/aromatic N) is 1. The first kappa shape index (κ1) is 11.9. The third-order valence-corrected chi connectivity index (χ3v) is 4.84. The Labute approximate surface area is 86.0 Å². The summed E-state index contributed by atoms with van der Waals surface area (Å²) < 4.78 is 24.9. The number of hydrogen-bond donors (Lipinski definition) is 1. The summed E-state index contributed by atoms with van der Waals surface area (Å²) in [5.74, 6) is 0.474. The molecule has 0 aliphatic carbocycles. The van der Waals surface area contributed by atoms with Gasteiger partial charge in [-0.2, -0.15) is 4.31 Å². The van der Waals surface area contributed by atoms with Gasteiger partial charge >= 0.3 is 0 Å². The number of aliphatic hydroxyl groups excluding tert-OH is 1. The topological polar surface area (TPSA) is 57.6 Å². The van der Waals surface area contributed by atoms with Crippen LogP contribution in [-0.4, -0.2) is 42.8 Å². The van der Waals surface area contributed by atoms with Crippen molar-refractivity contribution >= 4 is 10.0 Å². The molecule has 1 aliphatic rings. The Morgan fingerprint density at radius 2 is 2.21 bits per heavy atom. The van der Waals surface area contributed by atoms with Gasteiger partial charge in [-0.3, -0.25) is 0 Å². The molecule has 5 heteroatoms. The van der Waals surface area contributed by atoms with E-state index >= 15 is 0 Å². The van der Waals surface area contributed by atoms with Crippen LogP contribution in [0.1, 0.15) is 26.7 Å². The Balaban J connectivity index is 2.75. The minimum Gasteiger partial charge on any atom is -0.396 e. The molecule has 1 rings (SSSR count). The van der Waals surface area contributed by atoms with Crippen LogP contribution in [-0.2, 0) is 10.0 Å². The second kappa shape index (κ2) is 4.59. The number of hydrogen-bond acceptors (Lipinski definition) is 3. The van der Waals surface area contributed by atoms with E-state index in [2.05, 4.69) is 0 Å². The van der Waals surface area contributed by atoms with Gasteiger partial charge in [-0.15, -0.1) is 0 Å². The van der Waals surface area contributed by atoms with E-state index in [0.29, 0.717) is 13.0 Å². The monoisotopic (exact) mass is 221 g/mol. The molecule has 4 nitrogen and oxygen atoms in total. The van der Waals surface area contributed by atoms with E-state index in [1.165, 1.54) is 0 Å². The van der Waals surface area contributed by atoms with Crippen molar-refractivity contribution < 1.29 is 13.5 Å². The largest absolute Gasteiger partial charge is 0.396 e. The van der Waals surface area contributed by atoms with E-state index in [1.807, 2.05) is 13.8 Å². The van der Waals surface area contributed by atoms with Crippen molar-refractivity contribution in [1.82, 2.24) is 4.31 Å². The lowest BCUT2D eigenvalue weighted by molar-refractivity contribution is 0.222. The number of sulfonamides is 1. The predicted molar refractivity (Wildman–Crippen MR) is 55.4 cm³/mol. The summed E-state index contributed by atoms with van der Waals surface area (Å²) in [6, 6.07) is -0.0186. The van der Waals surface area contributed by atoms with Gasteiger partial charge in [0, 0.05) is 19.2 Å². The molecule has 14 heavy (non-hydrogen) atoms. The third kappa shape index (κ3) is 2.46. The standard InChI is InChI=1S/C9H19NO3S/c1-3-9(4-5-11)10-6-8(2)7-14(10,12)13/h8-9,11H,3-7H2,1-2H3. The van der Waals surface area contributed by atoms with Crippen molar-refractivity contribution in [2.75, 3.05) is 18.9 Å². The third-order valence-electron chi connectivity index (χ3n) is 2.68. The lowest BCUT2D eigenvalue weighted by Crippen LogP contribution is -2.37. The van der Waals surface area contributed by atoms with E-state index in [0.717, 1.165) is 6.42 Å². The number of rotatable bonds is 4. The molecule has 0 amide bonds. The van der Waals surface area contributed by atoms with Crippen LogP contribution in [0.25, 0.3) is 0 Å². The first-order valence-electron chi connectivity index (χ1n) is 5.11. The van der Waals surface area contributed by atoms with Crippen molar-refractivity contribution in [3.8, 4) is 0 Å². The SMILES string of the molecule is CCC(CCO)N1CC(C)CS1(=O)=O. The summed E-state index contributed by atoms with van der Waals surface area (Å²) in [6.45, 7) is 4.57. The van der Waals surface area contributed by atoms with Crippen LogP contribution in [0.3, 0.4) is 0 Å². The van der Waals surface area contributed by atoms with Crippen molar-refractivity contribution in [2.24, 2.45) is 5.92 Å². The highest BCUT2D eigenvalue weighted by atomic mass is 32.2. The summed E-state index contributed by atoms with van der Waals surface area (Å²) >= 11 is 0. The van der Waals surface area contributed by atoms with E-state index in [4.69, 9.17) is 5.11 Å². The molecule has 0 spiro atoms. The molecule has 1 fully saturated rings. The molecule has 0 aromatic rings. The van der Waals surface area contributed by atoms with Crippen LogP contribution in [0.4, 0.5) is 0 Å². The average molecular weight is 221 g/mol. The lowest BCUT2D eigenvalue weighted by atomic mass is 10.1. The van der Waals surface area contributed by atoms with Crippen molar-refractivity contribution in [1.29, 1.82) is 0 Å². The summed E-state index contributed by atoms with van der Waals surface area (Å²) in [5, 5.41) is 8.84. The van der Waals surface area contributed by atoms with E-state index in [1.54, 1.807) is 4.31 Å². The summed E-state index contributed by atoms with van der Waals surface area (Å²) in [4.78, 5) is 0. The summed E-state index contributed by atoms with van der Waals surface area (Å²) in [5.41, 5.74) is 0. The zero-order chi connectivity index (χ0) is 10.8. The van der Waals surface area contributed by atoms with Gasteiger partial charge in [0.15, 0.2) is 0 Å². The maximum atomic E-state index is 11.7. The molecule has 0 aromatic heterocycles. The molecular weight excluding hydrogens is 202 g/mol. The van der Waals surface area contributed by atoms with E-state index in [9.17, 15) is 8.42 Å². The normalized spacial score (nSPS) is 29.2. The maximum absolute atomic E-state index is 11.7. The Morgan fingerprint density at radius 1 is 1.57 bits per heavy atom. The lowest BCUT2D eigenvalue weighted by Gasteiger charge is -2.24. The van der Waals surface area contributed by atoms with Gasteiger partial charge in [0.1, 0.15) is 0 Å². The molecule has 2 atom stereocenters. The van der Waals surface area contributed by atoms with E-state index in [-0.39, 0.29) is 24.3 Å². The molecular formula is C9H19NO3S. The van der Waals surface area contributed by atoms with Crippen LogP contribution in [0.2, 0.25) is 0 Å². The minimum atomic E-state index is -3.05. The van der Waals surface area contributed by atoms with Crippen LogP contribution in [0.15, 0.2) is 0 Å². The first-order chi connectivity index (χ1) is 6.51. The van der Waals surface area contributed by atoms with Gasteiger partial charge in [-0.05, 0) is 18.8 Å². The zero-order valence-corrected chi connectivity index (χ0v) is 9.63. The van der Waals surface area contributed by atoms with E-state index < -0.39 is 10.0 Å². The Hall–Kier alpha value is -0.130. The number of aliphatic hydroxyl groups is 1. The second-order valence-corrected chi connectivity index (χ2v) is 5.99. The minimum absolute atomic E-state index is 0.0186. The maximum Gasteiger partial charge on any atom is 0.214 e. The molecule has 1 saturated heterocycles. The fourth-order valence-electron chi connectivity index (χ4n) is 2.01. The van der Waals surface area contributed by atoms with Gasteiger partial charge in [0.2, 0.25) is 10.0 Å². The van der Waals surface area contributed by atoms with Gasteiger partial charge in [-0.1, -0.05) is 13.8 Å². The van der Waals surface area contributed by atoms with Crippen LogP contribution < -0.4 is 0 Å². The van der Waals surface area contributed by atoms with Gasteiger partial charge < -0.3 is 5.11 Å². The molecule has 1 heterocycles. The zero-order valence-electron chi connectivity index (χ0n) is 8.81. The highest BCUT2D eigenvalue weighted by molar-refractivity contribution is 7.89. The summed E-state index contributed by atoms with van der Waals surface area (Å²) in [6.07, 6.45) is 1.31. The Morgan fingerprint density at radius 3 is 2.57 bits per heavy atom. The molecule has 0 bridgehead atoms. The summed E-state index contributed by atoms with van der Waals surface area (Å²) in [7, 11) is -3.05. The van der Waals surface area contributed by atoms with Crippen molar-refractivity contribution in [3.63, 3.8) is 0 Å². The van der Waals surface area contributed by atoms with Crippen LogP contribution >= 0.6 is 0 Å². The average Bonchev–Trinajstić information content (AvgIpc) is 2.35. The molecule has 84 valence electrons. The fraction of sp³-hybridized carbons (Fsp3) is 1.00. The predicted octanol–water partition coefficient (Wildman–Crippen LogP) is 0.429. The van der Waals surface area contributed by atoms with Gasteiger partial charge in [0.25, 0.3) is 0 Å². The Bertz CT molecular complexity index is 276. The second-order valence-electron chi connectivity index (χ2n) is 4.03. The molecule has 2 unspecified atom stereocenters. The van der Waals surface area contributed by atoms with Crippen molar-refractivity contribution in [3.05, 3.63) is 0 Å².